The molecule has 0 N–H and O–H groups in total. The molecule has 2 heterocycles. The van der Waals surface area contributed by atoms with Crippen LogP contribution in [0.1, 0.15) is 24.4 Å². The van der Waals surface area contributed by atoms with E-state index in [1.807, 2.05) is 6.20 Å². The van der Waals surface area contributed by atoms with Crippen molar-refractivity contribution in [1.29, 1.82) is 0 Å². The highest BCUT2D eigenvalue weighted by Crippen LogP contribution is 2.20. The maximum Gasteiger partial charge on any atom is 0.201 e. The molecule has 1 aliphatic rings. The lowest BCUT2D eigenvalue weighted by atomic mass is 9.90. The number of nitrogens with zero attached hydrogens (tertiary/aromatic N) is 3. The van der Waals surface area contributed by atoms with Crippen molar-refractivity contribution in [3.05, 3.63) is 18.0 Å². The molecule has 1 aromatic rings. The van der Waals surface area contributed by atoms with Gasteiger partial charge in [-0.25, -0.2) is 0 Å². The summed E-state index contributed by atoms with van der Waals surface area (Å²) < 4.78 is 2.14. The van der Waals surface area contributed by atoms with Crippen LogP contribution in [0.4, 0.5) is 0 Å². The van der Waals surface area contributed by atoms with Gasteiger partial charge < -0.3 is 4.81 Å². The zero-order chi connectivity index (χ0) is 9.97. The minimum Gasteiger partial charge on any atom is -0.344 e. The molecule has 3 nitrogen and oxygen atoms in total. The van der Waals surface area contributed by atoms with Crippen LogP contribution in [-0.4, -0.2) is 35.1 Å². The van der Waals surface area contributed by atoms with Gasteiger partial charge in [0.15, 0.2) is 0 Å². The third-order valence-electron chi connectivity index (χ3n) is 3.03. The van der Waals surface area contributed by atoms with Crippen LogP contribution in [0.5, 0.6) is 0 Å². The summed E-state index contributed by atoms with van der Waals surface area (Å²) in [6.07, 6.45) is 6.68. The Morgan fingerprint density at radius 2 is 2.43 bits per heavy atom. The van der Waals surface area contributed by atoms with Gasteiger partial charge in [-0.1, -0.05) is 6.82 Å². The Balaban J connectivity index is 2.04. The summed E-state index contributed by atoms with van der Waals surface area (Å²) >= 11 is 0. The smallest absolute Gasteiger partial charge is 0.201 e. The van der Waals surface area contributed by atoms with Crippen molar-refractivity contribution in [1.82, 2.24) is 14.6 Å². The van der Waals surface area contributed by atoms with Crippen LogP contribution >= 0.6 is 0 Å². The lowest BCUT2D eigenvalue weighted by Crippen LogP contribution is -2.38. The molecule has 0 amide bonds. The van der Waals surface area contributed by atoms with Crippen LogP contribution in [-0.2, 0) is 0 Å². The molecule has 0 spiro atoms. The van der Waals surface area contributed by atoms with Gasteiger partial charge in [-0.3, -0.25) is 4.68 Å². The predicted octanol–water partition coefficient (Wildman–Crippen LogP) is 1.23. The van der Waals surface area contributed by atoms with Crippen LogP contribution in [0.25, 0.3) is 0 Å². The highest BCUT2D eigenvalue weighted by atomic mass is 15.3. The summed E-state index contributed by atoms with van der Waals surface area (Å²) in [5.74, 6) is 0. The average molecular weight is 191 g/mol. The Morgan fingerprint density at radius 3 is 3.07 bits per heavy atom. The molecule has 4 heteroatoms. The van der Waals surface area contributed by atoms with E-state index in [-0.39, 0.29) is 0 Å². The number of aromatic nitrogens is 2. The van der Waals surface area contributed by atoms with Crippen molar-refractivity contribution in [3.8, 4) is 0 Å². The fourth-order valence-corrected chi connectivity index (χ4v) is 2.17. The van der Waals surface area contributed by atoms with Gasteiger partial charge in [0, 0.05) is 12.7 Å². The van der Waals surface area contributed by atoms with E-state index in [1.54, 1.807) is 0 Å². The van der Waals surface area contributed by atoms with E-state index in [1.165, 1.54) is 24.9 Å². The highest BCUT2D eigenvalue weighted by molar-refractivity contribution is 6.29. The van der Waals surface area contributed by atoms with Gasteiger partial charge in [-0.05, 0) is 31.9 Å². The van der Waals surface area contributed by atoms with Crippen molar-refractivity contribution >= 4 is 7.41 Å². The molecule has 76 valence electrons. The molecule has 14 heavy (non-hydrogen) atoms. The molecule has 0 saturated carbocycles. The summed E-state index contributed by atoms with van der Waals surface area (Å²) in [5, 5.41) is 4.40. The van der Waals surface area contributed by atoms with E-state index in [0.717, 1.165) is 14.0 Å². The van der Waals surface area contributed by atoms with Crippen LogP contribution in [0.15, 0.2) is 12.4 Å². The maximum absolute atomic E-state index is 4.40. The molecule has 1 fully saturated rings. The Labute approximate surface area is 86.4 Å². The average Bonchev–Trinajstić information content (AvgIpc) is 2.65. The van der Waals surface area contributed by atoms with Crippen molar-refractivity contribution in [3.63, 3.8) is 0 Å². The van der Waals surface area contributed by atoms with E-state index in [9.17, 15) is 0 Å². The molecule has 1 unspecified atom stereocenters. The SMILES string of the molecule is CBN1CCCC(n2cc(C)cn2)C1. The largest absolute Gasteiger partial charge is 0.344 e. The Morgan fingerprint density at radius 1 is 1.57 bits per heavy atom. The molecule has 1 saturated heterocycles. The molecule has 2 rings (SSSR count). The van der Waals surface area contributed by atoms with Gasteiger partial charge in [0.2, 0.25) is 7.41 Å². The lowest BCUT2D eigenvalue weighted by molar-refractivity contribution is 0.258. The second-order valence-corrected chi connectivity index (χ2v) is 4.19. The van der Waals surface area contributed by atoms with Crippen molar-refractivity contribution < 1.29 is 0 Å². The predicted molar refractivity (Wildman–Crippen MR) is 59.8 cm³/mol. The van der Waals surface area contributed by atoms with E-state index in [0.29, 0.717) is 6.04 Å². The first kappa shape index (κ1) is 9.78. The van der Waals surface area contributed by atoms with Gasteiger partial charge in [-0.15, -0.1) is 0 Å². The summed E-state index contributed by atoms with van der Waals surface area (Å²) in [4.78, 5) is 2.51. The molecular formula is C10H18BN3. The monoisotopic (exact) mass is 191 g/mol. The van der Waals surface area contributed by atoms with Crippen LogP contribution in [0, 0.1) is 6.92 Å². The topological polar surface area (TPSA) is 21.1 Å². The number of rotatable bonds is 2. The second-order valence-electron chi connectivity index (χ2n) is 4.19. The summed E-state index contributed by atoms with van der Waals surface area (Å²) in [6.45, 7) is 6.76. The normalized spacial score (nSPS) is 23.7. The van der Waals surface area contributed by atoms with E-state index >= 15 is 0 Å². The first-order valence-electron chi connectivity index (χ1n) is 5.52. The Kier molecular flexibility index (Phi) is 2.92. The molecule has 0 bridgehead atoms. The molecule has 1 aromatic heterocycles. The van der Waals surface area contributed by atoms with Crippen LogP contribution in [0.3, 0.4) is 0 Å². The maximum atomic E-state index is 4.40. The zero-order valence-electron chi connectivity index (χ0n) is 9.11. The van der Waals surface area contributed by atoms with Gasteiger partial charge in [0.25, 0.3) is 0 Å². The third-order valence-corrected chi connectivity index (χ3v) is 3.03. The van der Waals surface area contributed by atoms with Crippen molar-refractivity contribution in [2.24, 2.45) is 0 Å². The number of hydrogen-bond acceptors (Lipinski definition) is 2. The fourth-order valence-electron chi connectivity index (χ4n) is 2.17. The molecule has 0 aromatic carbocycles. The van der Waals surface area contributed by atoms with Crippen LogP contribution in [0.2, 0.25) is 6.82 Å². The Bertz CT molecular complexity index is 297. The van der Waals surface area contributed by atoms with Gasteiger partial charge >= 0.3 is 0 Å². The zero-order valence-corrected chi connectivity index (χ0v) is 9.11. The Hall–Kier alpha value is -0.765. The minimum absolute atomic E-state index is 0.595. The van der Waals surface area contributed by atoms with E-state index in [4.69, 9.17) is 0 Å². The second kappa shape index (κ2) is 4.17. The van der Waals surface area contributed by atoms with Gasteiger partial charge in [-0.2, -0.15) is 5.10 Å². The molecular weight excluding hydrogens is 173 g/mol. The minimum atomic E-state index is 0.595. The summed E-state index contributed by atoms with van der Waals surface area (Å²) in [6, 6.07) is 0.595. The number of hydrogen-bond donors (Lipinski definition) is 0. The quantitative estimate of drug-likeness (QED) is 0.655. The van der Waals surface area contributed by atoms with Gasteiger partial charge in [0.05, 0.1) is 12.2 Å². The third kappa shape index (κ3) is 2.00. The molecule has 0 radical (unpaired) electrons. The lowest BCUT2D eigenvalue weighted by Gasteiger charge is -2.31. The summed E-state index contributed by atoms with van der Waals surface area (Å²) in [5.41, 5.74) is 1.26. The van der Waals surface area contributed by atoms with E-state index < -0.39 is 0 Å². The van der Waals surface area contributed by atoms with Crippen LogP contribution < -0.4 is 0 Å². The standard InChI is InChI=1S/C10H18BN3/c1-9-6-12-14(7-9)10-4-3-5-13(8-10)11-2/h6-7,10-11H,3-5,8H2,1-2H3. The van der Waals surface area contributed by atoms with Gasteiger partial charge in [0.1, 0.15) is 0 Å². The first-order chi connectivity index (χ1) is 6.79. The highest BCUT2D eigenvalue weighted by Gasteiger charge is 2.20. The van der Waals surface area contributed by atoms with Crippen molar-refractivity contribution in [2.45, 2.75) is 32.6 Å². The molecule has 1 aliphatic heterocycles. The van der Waals surface area contributed by atoms with E-state index in [2.05, 4.69) is 34.5 Å². The summed E-state index contributed by atoms with van der Waals surface area (Å²) in [7, 11) is 1.16. The fraction of sp³-hybridized carbons (Fsp3) is 0.700. The first-order valence-corrected chi connectivity index (χ1v) is 5.52. The molecule has 0 aliphatic carbocycles. The molecule has 1 atom stereocenters. The number of piperidine rings is 1. The number of aryl methyl sites for hydroxylation is 1. The van der Waals surface area contributed by atoms with Crippen molar-refractivity contribution in [2.75, 3.05) is 13.1 Å².